The molecule has 0 spiro atoms. The fourth-order valence-electron chi connectivity index (χ4n) is 2.48. The minimum absolute atomic E-state index is 0.0293. The summed E-state index contributed by atoms with van der Waals surface area (Å²) in [5.74, 6) is 0.126. The number of carbonyl (C=O) groups excluding carboxylic acids is 1. The van der Waals surface area contributed by atoms with Gasteiger partial charge in [0, 0.05) is 37.2 Å². The number of amides is 1. The highest BCUT2D eigenvalue weighted by molar-refractivity contribution is 6.30. The van der Waals surface area contributed by atoms with Crippen LogP contribution in [0, 0.1) is 0 Å². The molecule has 3 nitrogen and oxygen atoms in total. The number of pyridine rings is 1. The molecule has 0 N–H and O–H groups in total. The van der Waals surface area contributed by atoms with Crippen molar-refractivity contribution >= 4 is 23.1 Å². The molecule has 0 aliphatic carbocycles. The number of halogens is 1. The summed E-state index contributed by atoms with van der Waals surface area (Å²) in [6.45, 7) is 9.49. The molecule has 0 atom stereocenters. The molecule has 0 fully saturated rings. The van der Waals surface area contributed by atoms with E-state index in [1.807, 2.05) is 11.0 Å². The second-order valence-electron chi connectivity index (χ2n) is 6.24. The van der Waals surface area contributed by atoms with Gasteiger partial charge in [-0.2, -0.15) is 0 Å². The molecule has 20 heavy (non-hydrogen) atoms. The fraction of sp³-hybridized carbons (Fsp3) is 0.500. The molecule has 108 valence electrons. The molecule has 0 saturated carbocycles. The Morgan fingerprint density at radius 2 is 2.10 bits per heavy atom. The van der Waals surface area contributed by atoms with Crippen LogP contribution in [0.2, 0.25) is 5.02 Å². The highest BCUT2D eigenvalue weighted by Crippen LogP contribution is 2.33. The SMILES string of the molecule is CC(=O)N1CC=C(c2cc(Cl)cnc2C(C)(C)C)CC1. The van der Waals surface area contributed by atoms with E-state index in [1.54, 1.807) is 13.1 Å². The van der Waals surface area contributed by atoms with Gasteiger partial charge in [-0.05, 0) is 18.1 Å². The predicted octanol–water partition coefficient (Wildman–Crippen LogP) is 3.67. The van der Waals surface area contributed by atoms with Crippen LogP contribution in [0.4, 0.5) is 0 Å². The van der Waals surface area contributed by atoms with E-state index in [0.717, 1.165) is 24.2 Å². The molecule has 1 aromatic rings. The first-order valence-corrected chi connectivity index (χ1v) is 7.28. The Kier molecular flexibility index (Phi) is 4.19. The van der Waals surface area contributed by atoms with Crippen LogP contribution < -0.4 is 0 Å². The van der Waals surface area contributed by atoms with E-state index >= 15 is 0 Å². The Labute approximate surface area is 125 Å². The first-order chi connectivity index (χ1) is 9.29. The zero-order valence-electron chi connectivity index (χ0n) is 12.5. The lowest BCUT2D eigenvalue weighted by Crippen LogP contribution is -2.33. The van der Waals surface area contributed by atoms with Crippen LogP contribution >= 0.6 is 11.6 Å². The monoisotopic (exact) mass is 292 g/mol. The molecule has 1 aromatic heterocycles. The van der Waals surface area contributed by atoms with Crippen LogP contribution in [0.1, 0.15) is 45.4 Å². The van der Waals surface area contributed by atoms with Crippen LogP contribution in [0.25, 0.3) is 5.57 Å². The van der Waals surface area contributed by atoms with Crippen molar-refractivity contribution in [3.05, 3.63) is 34.6 Å². The average molecular weight is 293 g/mol. The Morgan fingerprint density at radius 3 is 2.60 bits per heavy atom. The van der Waals surface area contributed by atoms with Crippen molar-refractivity contribution in [2.75, 3.05) is 13.1 Å². The number of hydrogen-bond acceptors (Lipinski definition) is 2. The van der Waals surface area contributed by atoms with Gasteiger partial charge in [-0.3, -0.25) is 9.78 Å². The highest BCUT2D eigenvalue weighted by atomic mass is 35.5. The van der Waals surface area contributed by atoms with Crippen molar-refractivity contribution in [1.82, 2.24) is 9.88 Å². The van der Waals surface area contributed by atoms with E-state index in [9.17, 15) is 4.79 Å². The molecule has 1 aliphatic heterocycles. The van der Waals surface area contributed by atoms with Crippen LogP contribution in [-0.2, 0) is 10.2 Å². The lowest BCUT2D eigenvalue weighted by molar-refractivity contribution is -0.128. The quantitative estimate of drug-likeness (QED) is 0.791. The molecule has 2 rings (SSSR count). The summed E-state index contributed by atoms with van der Waals surface area (Å²) in [6.07, 6.45) is 4.68. The summed E-state index contributed by atoms with van der Waals surface area (Å²) in [6, 6.07) is 1.99. The third-order valence-electron chi connectivity index (χ3n) is 3.57. The van der Waals surface area contributed by atoms with E-state index in [4.69, 9.17) is 11.6 Å². The van der Waals surface area contributed by atoms with Gasteiger partial charge in [0.15, 0.2) is 0 Å². The first-order valence-electron chi connectivity index (χ1n) is 6.90. The zero-order valence-corrected chi connectivity index (χ0v) is 13.3. The summed E-state index contributed by atoms with van der Waals surface area (Å²) in [5.41, 5.74) is 3.39. The van der Waals surface area contributed by atoms with Crippen molar-refractivity contribution in [3.63, 3.8) is 0 Å². The molecule has 1 aliphatic rings. The van der Waals surface area contributed by atoms with Gasteiger partial charge in [0.05, 0.1) is 10.7 Å². The maximum absolute atomic E-state index is 11.4. The molecule has 0 aromatic carbocycles. The lowest BCUT2D eigenvalue weighted by Gasteiger charge is -2.28. The minimum atomic E-state index is -0.0293. The number of carbonyl (C=O) groups is 1. The van der Waals surface area contributed by atoms with Gasteiger partial charge in [-0.15, -0.1) is 0 Å². The molecular formula is C16H21ClN2O. The van der Waals surface area contributed by atoms with Crippen molar-refractivity contribution in [2.24, 2.45) is 0 Å². The topological polar surface area (TPSA) is 33.2 Å². The van der Waals surface area contributed by atoms with E-state index in [0.29, 0.717) is 11.6 Å². The van der Waals surface area contributed by atoms with Crippen LogP contribution in [-0.4, -0.2) is 28.9 Å². The molecule has 4 heteroatoms. The molecule has 0 unspecified atom stereocenters. The Morgan fingerprint density at radius 1 is 1.40 bits per heavy atom. The van der Waals surface area contributed by atoms with E-state index in [-0.39, 0.29) is 11.3 Å². The maximum atomic E-state index is 11.4. The third-order valence-corrected chi connectivity index (χ3v) is 3.77. The molecule has 1 amide bonds. The molecule has 0 saturated heterocycles. The number of aromatic nitrogens is 1. The molecule has 0 bridgehead atoms. The van der Waals surface area contributed by atoms with Gasteiger partial charge in [0.1, 0.15) is 0 Å². The molecule has 0 radical (unpaired) electrons. The molecular weight excluding hydrogens is 272 g/mol. The Hall–Kier alpha value is -1.35. The second-order valence-corrected chi connectivity index (χ2v) is 6.68. The highest BCUT2D eigenvalue weighted by Gasteiger charge is 2.23. The Bertz CT molecular complexity index is 558. The van der Waals surface area contributed by atoms with Crippen molar-refractivity contribution in [2.45, 2.75) is 39.5 Å². The third kappa shape index (κ3) is 3.21. The number of rotatable bonds is 1. The zero-order chi connectivity index (χ0) is 14.9. The van der Waals surface area contributed by atoms with Gasteiger partial charge < -0.3 is 4.90 Å². The smallest absolute Gasteiger partial charge is 0.219 e. The van der Waals surface area contributed by atoms with Crippen LogP contribution in [0.3, 0.4) is 0 Å². The predicted molar refractivity (Wildman–Crippen MR) is 82.8 cm³/mol. The largest absolute Gasteiger partial charge is 0.339 e. The van der Waals surface area contributed by atoms with E-state index in [1.165, 1.54) is 5.57 Å². The summed E-state index contributed by atoms with van der Waals surface area (Å²) in [7, 11) is 0. The summed E-state index contributed by atoms with van der Waals surface area (Å²) in [4.78, 5) is 17.8. The lowest BCUT2D eigenvalue weighted by atomic mass is 9.84. The summed E-state index contributed by atoms with van der Waals surface area (Å²) >= 11 is 6.11. The van der Waals surface area contributed by atoms with Gasteiger partial charge >= 0.3 is 0 Å². The van der Waals surface area contributed by atoms with Crippen molar-refractivity contribution in [1.29, 1.82) is 0 Å². The normalized spacial score (nSPS) is 16.1. The number of hydrogen-bond donors (Lipinski definition) is 0. The standard InChI is InChI=1S/C16H21ClN2O/c1-11(20)19-7-5-12(6-8-19)14-9-13(17)10-18-15(14)16(2,3)4/h5,9-10H,6-8H2,1-4H3. The van der Waals surface area contributed by atoms with Crippen LogP contribution in [0.15, 0.2) is 18.3 Å². The number of nitrogens with zero attached hydrogens (tertiary/aromatic N) is 2. The fourth-order valence-corrected chi connectivity index (χ4v) is 2.64. The van der Waals surface area contributed by atoms with Crippen molar-refractivity contribution < 1.29 is 4.79 Å². The van der Waals surface area contributed by atoms with Gasteiger partial charge in [0.2, 0.25) is 5.91 Å². The van der Waals surface area contributed by atoms with Gasteiger partial charge in [-0.25, -0.2) is 0 Å². The average Bonchev–Trinajstić information content (AvgIpc) is 2.37. The Balaban J connectivity index is 2.38. The van der Waals surface area contributed by atoms with E-state index in [2.05, 4.69) is 31.8 Å². The van der Waals surface area contributed by atoms with Crippen LogP contribution in [0.5, 0.6) is 0 Å². The second kappa shape index (κ2) is 5.57. The van der Waals surface area contributed by atoms with Crippen molar-refractivity contribution in [3.8, 4) is 0 Å². The summed E-state index contributed by atoms with van der Waals surface area (Å²) in [5, 5.41) is 0.655. The maximum Gasteiger partial charge on any atom is 0.219 e. The van der Waals surface area contributed by atoms with Gasteiger partial charge in [-0.1, -0.05) is 38.4 Å². The van der Waals surface area contributed by atoms with E-state index < -0.39 is 0 Å². The van der Waals surface area contributed by atoms with Gasteiger partial charge in [0.25, 0.3) is 0 Å². The minimum Gasteiger partial charge on any atom is -0.339 e. The molecule has 2 heterocycles. The summed E-state index contributed by atoms with van der Waals surface area (Å²) < 4.78 is 0. The first kappa shape index (κ1) is 15.0.